The second-order valence-corrected chi connectivity index (χ2v) is 5.05. The normalized spacial score (nSPS) is 10.2. The van der Waals surface area contributed by atoms with Gasteiger partial charge in [-0.2, -0.15) is 0 Å². The van der Waals surface area contributed by atoms with Gasteiger partial charge in [0.2, 0.25) is 0 Å². The van der Waals surface area contributed by atoms with Crippen molar-refractivity contribution in [3.05, 3.63) is 58.6 Å². The molecule has 0 aromatic heterocycles. The van der Waals surface area contributed by atoms with Crippen molar-refractivity contribution >= 4 is 23.2 Å². The Bertz CT molecular complexity index is 608. The summed E-state index contributed by atoms with van der Waals surface area (Å²) in [5.74, 6) is 0.463. The molecular formula is C16H16ClNO2. The van der Waals surface area contributed by atoms with Crippen molar-refractivity contribution in [2.75, 3.05) is 11.9 Å². The quantitative estimate of drug-likeness (QED) is 0.925. The van der Waals surface area contributed by atoms with E-state index in [0.717, 1.165) is 11.1 Å². The molecular weight excluding hydrogens is 274 g/mol. The van der Waals surface area contributed by atoms with Crippen LogP contribution >= 0.6 is 11.6 Å². The maximum absolute atomic E-state index is 11.8. The van der Waals surface area contributed by atoms with E-state index in [2.05, 4.69) is 5.32 Å². The monoisotopic (exact) mass is 289 g/mol. The molecule has 0 saturated carbocycles. The molecule has 2 aromatic carbocycles. The minimum Gasteiger partial charge on any atom is -0.484 e. The number of aryl methyl sites for hydroxylation is 2. The van der Waals surface area contributed by atoms with Gasteiger partial charge in [0.05, 0.1) is 0 Å². The molecule has 0 bridgehead atoms. The lowest BCUT2D eigenvalue weighted by Crippen LogP contribution is -2.20. The standard InChI is InChI=1S/C16H16ClNO2/c1-11-3-7-14(8-4-11)20-10-16(19)18-15-9-13(17)6-5-12(15)2/h3-9H,10H2,1-2H3,(H,18,19). The molecule has 0 atom stereocenters. The highest BCUT2D eigenvalue weighted by atomic mass is 35.5. The molecule has 0 unspecified atom stereocenters. The van der Waals surface area contributed by atoms with E-state index in [0.29, 0.717) is 16.5 Å². The van der Waals surface area contributed by atoms with Crippen molar-refractivity contribution in [3.8, 4) is 5.75 Å². The highest BCUT2D eigenvalue weighted by Crippen LogP contribution is 2.20. The Morgan fingerprint density at radius 1 is 1.15 bits per heavy atom. The van der Waals surface area contributed by atoms with E-state index in [9.17, 15) is 4.79 Å². The van der Waals surface area contributed by atoms with Crippen molar-refractivity contribution in [2.45, 2.75) is 13.8 Å². The Balaban J connectivity index is 1.92. The third-order valence-corrected chi connectivity index (χ3v) is 3.10. The fraction of sp³-hybridized carbons (Fsp3) is 0.188. The Hall–Kier alpha value is -2.00. The molecule has 0 aliphatic heterocycles. The lowest BCUT2D eigenvalue weighted by Gasteiger charge is -2.10. The topological polar surface area (TPSA) is 38.3 Å². The molecule has 104 valence electrons. The lowest BCUT2D eigenvalue weighted by atomic mass is 10.2. The zero-order chi connectivity index (χ0) is 14.5. The number of rotatable bonds is 4. The molecule has 2 rings (SSSR count). The largest absolute Gasteiger partial charge is 0.484 e. The minimum absolute atomic E-state index is 0.0327. The molecule has 0 aliphatic carbocycles. The second kappa shape index (κ2) is 6.44. The number of hydrogen-bond donors (Lipinski definition) is 1. The first-order chi connectivity index (χ1) is 9.54. The third-order valence-electron chi connectivity index (χ3n) is 2.86. The number of hydrogen-bond acceptors (Lipinski definition) is 2. The van der Waals surface area contributed by atoms with Crippen LogP contribution in [-0.2, 0) is 4.79 Å². The first-order valence-electron chi connectivity index (χ1n) is 6.30. The van der Waals surface area contributed by atoms with Crippen LogP contribution in [0.3, 0.4) is 0 Å². The van der Waals surface area contributed by atoms with Crippen LogP contribution in [0.5, 0.6) is 5.75 Å². The first kappa shape index (κ1) is 14.4. The molecule has 20 heavy (non-hydrogen) atoms. The number of carbonyl (C=O) groups is 1. The van der Waals surface area contributed by atoms with Gasteiger partial charge in [0.1, 0.15) is 5.75 Å². The van der Waals surface area contributed by atoms with E-state index in [-0.39, 0.29) is 12.5 Å². The minimum atomic E-state index is -0.212. The number of carbonyl (C=O) groups excluding carboxylic acids is 1. The lowest BCUT2D eigenvalue weighted by molar-refractivity contribution is -0.118. The van der Waals surface area contributed by atoms with Crippen molar-refractivity contribution in [3.63, 3.8) is 0 Å². The van der Waals surface area contributed by atoms with Crippen LogP contribution in [-0.4, -0.2) is 12.5 Å². The number of benzene rings is 2. The van der Waals surface area contributed by atoms with Gasteiger partial charge in [-0.1, -0.05) is 35.4 Å². The van der Waals surface area contributed by atoms with E-state index < -0.39 is 0 Å². The van der Waals surface area contributed by atoms with Crippen LogP contribution in [0.1, 0.15) is 11.1 Å². The van der Waals surface area contributed by atoms with Gasteiger partial charge in [0.15, 0.2) is 6.61 Å². The third kappa shape index (κ3) is 4.00. The van der Waals surface area contributed by atoms with Crippen molar-refractivity contribution in [1.29, 1.82) is 0 Å². The van der Waals surface area contributed by atoms with Crippen LogP contribution in [0.15, 0.2) is 42.5 Å². The van der Waals surface area contributed by atoms with E-state index >= 15 is 0 Å². The summed E-state index contributed by atoms with van der Waals surface area (Å²) in [7, 11) is 0. The van der Waals surface area contributed by atoms with Gasteiger partial charge in [-0.05, 0) is 43.7 Å². The number of anilines is 1. The Kier molecular flexibility index (Phi) is 4.64. The maximum Gasteiger partial charge on any atom is 0.262 e. The number of ether oxygens (including phenoxy) is 1. The summed E-state index contributed by atoms with van der Waals surface area (Å²) in [5, 5.41) is 3.37. The molecule has 0 fully saturated rings. The molecule has 2 aromatic rings. The first-order valence-corrected chi connectivity index (χ1v) is 6.68. The molecule has 3 nitrogen and oxygen atoms in total. The van der Waals surface area contributed by atoms with Gasteiger partial charge < -0.3 is 10.1 Å². The van der Waals surface area contributed by atoms with Gasteiger partial charge in [0.25, 0.3) is 5.91 Å². The average molecular weight is 290 g/mol. The Labute approximate surface area is 123 Å². The van der Waals surface area contributed by atoms with Crippen LogP contribution in [0.25, 0.3) is 0 Å². The Morgan fingerprint density at radius 2 is 1.85 bits per heavy atom. The average Bonchev–Trinajstić information content (AvgIpc) is 2.42. The smallest absolute Gasteiger partial charge is 0.262 e. The number of halogens is 1. The van der Waals surface area contributed by atoms with E-state index in [4.69, 9.17) is 16.3 Å². The fourth-order valence-corrected chi connectivity index (χ4v) is 1.87. The highest BCUT2D eigenvalue weighted by Gasteiger charge is 2.06. The van der Waals surface area contributed by atoms with Crippen molar-refractivity contribution < 1.29 is 9.53 Å². The molecule has 0 aliphatic rings. The van der Waals surface area contributed by atoms with Gasteiger partial charge >= 0.3 is 0 Å². The van der Waals surface area contributed by atoms with E-state index in [1.165, 1.54) is 0 Å². The highest BCUT2D eigenvalue weighted by molar-refractivity contribution is 6.31. The maximum atomic E-state index is 11.8. The predicted molar refractivity (Wildman–Crippen MR) is 81.5 cm³/mol. The van der Waals surface area contributed by atoms with Crippen molar-refractivity contribution in [1.82, 2.24) is 0 Å². The molecule has 0 saturated heterocycles. The predicted octanol–water partition coefficient (Wildman–Crippen LogP) is 3.97. The molecule has 1 N–H and O–H groups in total. The van der Waals surface area contributed by atoms with Crippen LogP contribution in [0, 0.1) is 13.8 Å². The summed E-state index contributed by atoms with van der Waals surface area (Å²) in [5.41, 5.74) is 2.81. The van der Waals surface area contributed by atoms with Crippen LogP contribution < -0.4 is 10.1 Å². The van der Waals surface area contributed by atoms with Gasteiger partial charge in [0, 0.05) is 10.7 Å². The summed E-state index contributed by atoms with van der Waals surface area (Å²) in [6.07, 6.45) is 0. The summed E-state index contributed by atoms with van der Waals surface area (Å²) < 4.78 is 5.42. The molecule has 0 heterocycles. The zero-order valence-electron chi connectivity index (χ0n) is 11.4. The molecule has 4 heteroatoms. The zero-order valence-corrected chi connectivity index (χ0v) is 12.2. The second-order valence-electron chi connectivity index (χ2n) is 4.61. The van der Waals surface area contributed by atoms with Gasteiger partial charge in [-0.15, -0.1) is 0 Å². The van der Waals surface area contributed by atoms with E-state index in [1.54, 1.807) is 12.1 Å². The van der Waals surface area contributed by atoms with Crippen LogP contribution in [0.4, 0.5) is 5.69 Å². The van der Waals surface area contributed by atoms with E-state index in [1.807, 2.05) is 44.2 Å². The summed E-state index contributed by atoms with van der Waals surface area (Å²) in [6, 6.07) is 12.9. The van der Waals surface area contributed by atoms with Gasteiger partial charge in [-0.25, -0.2) is 0 Å². The SMILES string of the molecule is Cc1ccc(OCC(=O)Nc2cc(Cl)ccc2C)cc1. The Morgan fingerprint density at radius 3 is 2.55 bits per heavy atom. The summed E-state index contributed by atoms with van der Waals surface area (Å²) >= 11 is 5.91. The summed E-state index contributed by atoms with van der Waals surface area (Å²) in [6.45, 7) is 3.88. The number of nitrogens with one attached hydrogen (secondary N) is 1. The van der Waals surface area contributed by atoms with Crippen molar-refractivity contribution in [2.24, 2.45) is 0 Å². The molecule has 0 spiro atoms. The van der Waals surface area contributed by atoms with Gasteiger partial charge in [-0.3, -0.25) is 4.79 Å². The molecule has 0 radical (unpaired) electrons. The van der Waals surface area contributed by atoms with Crippen LogP contribution in [0.2, 0.25) is 5.02 Å². The molecule has 1 amide bonds. The fourth-order valence-electron chi connectivity index (χ4n) is 1.70. The summed E-state index contributed by atoms with van der Waals surface area (Å²) in [4.78, 5) is 11.8. The number of amides is 1.